The molecule has 1 aromatic rings. The molecular formula is C8H14N2O2. The number of aryl methyl sites for hydroxylation is 1. The van der Waals surface area contributed by atoms with Gasteiger partial charge >= 0.3 is 0 Å². The summed E-state index contributed by atoms with van der Waals surface area (Å²) in [5, 5.41) is 12.8. The van der Waals surface area contributed by atoms with E-state index in [0.717, 1.165) is 11.6 Å². The zero-order valence-electron chi connectivity index (χ0n) is 7.45. The number of ether oxygens (including phenoxy) is 1. The lowest BCUT2D eigenvalue weighted by Gasteiger charge is -1.99. The zero-order valence-corrected chi connectivity index (χ0v) is 7.45. The fraction of sp³-hybridized carbons (Fsp3) is 0.625. The predicted molar refractivity (Wildman–Crippen MR) is 45.2 cm³/mol. The van der Waals surface area contributed by atoms with Crippen LogP contribution in [0.1, 0.15) is 12.6 Å². The Morgan fingerprint density at radius 1 is 1.67 bits per heavy atom. The molecule has 0 amide bonds. The first kappa shape index (κ1) is 9.06. The minimum Gasteiger partial charge on any atom is -0.478 e. The number of aromatic nitrogens is 2. The maximum Gasteiger partial charge on any atom is 0.211 e. The van der Waals surface area contributed by atoms with Crippen molar-refractivity contribution in [3.05, 3.63) is 11.8 Å². The van der Waals surface area contributed by atoms with Crippen molar-refractivity contribution in [3.8, 4) is 5.88 Å². The van der Waals surface area contributed by atoms with Crippen LogP contribution in [0.15, 0.2) is 6.07 Å². The van der Waals surface area contributed by atoms with E-state index in [4.69, 9.17) is 9.84 Å². The lowest BCUT2D eigenvalue weighted by Crippen LogP contribution is -1.99. The van der Waals surface area contributed by atoms with E-state index in [0.29, 0.717) is 13.0 Å². The van der Waals surface area contributed by atoms with E-state index in [-0.39, 0.29) is 6.61 Å². The van der Waals surface area contributed by atoms with Crippen molar-refractivity contribution in [1.82, 2.24) is 9.78 Å². The van der Waals surface area contributed by atoms with Crippen LogP contribution in [0.2, 0.25) is 0 Å². The van der Waals surface area contributed by atoms with Crippen molar-refractivity contribution in [3.63, 3.8) is 0 Å². The minimum absolute atomic E-state index is 0.128. The summed E-state index contributed by atoms with van der Waals surface area (Å²) in [7, 11) is 1.83. The first-order valence-corrected chi connectivity index (χ1v) is 4.04. The number of rotatable bonds is 4. The first-order valence-electron chi connectivity index (χ1n) is 4.04. The van der Waals surface area contributed by atoms with Gasteiger partial charge < -0.3 is 9.84 Å². The van der Waals surface area contributed by atoms with Gasteiger partial charge in [-0.3, -0.25) is 0 Å². The third-order valence-corrected chi connectivity index (χ3v) is 1.55. The summed E-state index contributed by atoms with van der Waals surface area (Å²) in [6, 6.07) is 1.85. The minimum atomic E-state index is 0.128. The Hall–Kier alpha value is -1.03. The summed E-state index contributed by atoms with van der Waals surface area (Å²) >= 11 is 0. The molecule has 0 saturated carbocycles. The van der Waals surface area contributed by atoms with Crippen LogP contribution in [0.4, 0.5) is 0 Å². The van der Waals surface area contributed by atoms with E-state index in [1.807, 2.05) is 20.0 Å². The fourth-order valence-electron chi connectivity index (χ4n) is 1.03. The number of nitrogens with zero attached hydrogens (tertiary/aromatic N) is 2. The highest BCUT2D eigenvalue weighted by Gasteiger charge is 2.03. The SMILES string of the molecule is CCOc1cc(CCO)nn1C. The molecule has 68 valence electrons. The lowest BCUT2D eigenvalue weighted by atomic mass is 10.3. The highest BCUT2D eigenvalue weighted by Crippen LogP contribution is 2.11. The molecule has 1 rings (SSSR count). The van der Waals surface area contributed by atoms with Crippen LogP contribution < -0.4 is 4.74 Å². The van der Waals surface area contributed by atoms with Crippen molar-refractivity contribution >= 4 is 0 Å². The molecule has 0 aliphatic rings. The Kier molecular flexibility index (Phi) is 3.10. The molecule has 1 N–H and O–H groups in total. The monoisotopic (exact) mass is 170 g/mol. The molecule has 12 heavy (non-hydrogen) atoms. The molecule has 0 atom stereocenters. The molecule has 0 aliphatic carbocycles. The van der Waals surface area contributed by atoms with E-state index >= 15 is 0 Å². The van der Waals surface area contributed by atoms with Crippen LogP contribution in [0.3, 0.4) is 0 Å². The Balaban J connectivity index is 2.70. The molecule has 0 saturated heterocycles. The topological polar surface area (TPSA) is 47.3 Å². The standard InChI is InChI=1S/C8H14N2O2/c1-3-12-8-6-7(4-5-11)9-10(8)2/h6,11H,3-5H2,1-2H3. The normalized spacial score (nSPS) is 10.2. The van der Waals surface area contributed by atoms with Gasteiger partial charge in [0, 0.05) is 26.1 Å². The third-order valence-electron chi connectivity index (χ3n) is 1.55. The van der Waals surface area contributed by atoms with E-state index in [1.54, 1.807) is 4.68 Å². The van der Waals surface area contributed by atoms with Crippen LogP contribution in [-0.2, 0) is 13.5 Å². The van der Waals surface area contributed by atoms with Crippen LogP contribution >= 0.6 is 0 Å². The molecular weight excluding hydrogens is 156 g/mol. The van der Waals surface area contributed by atoms with Gasteiger partial charge in [0.25, 0.3) is 0 Å². The van der Waals surface area contributed by atoms with Crippen LogP contribution in [0.25, 0.3) is 0 Å². The highest BCUT2D eigenvalue weighted by atomic mass is 16.5. The highest BCUT2D eigenvalue weighted by molar-refractivity contribution is 5.15. The smallest absolute Gasteiger partial charge is 0.211 e. The Morgan fingerprint density at radius 2 is 2.42 bits per heavy atom. The van der Waals surface area contributed by atoms with Crippen molar-refractivity contribution < 1.29 is 9.84 Å². The number of aliphatic hydroxyl groups excluding tert-OH is 1. The lowest BCUT2D eigenvalue weighted by molar-refractivity contribution is 0.297. The van der Waals surface area contributed by atoms with Crippen molar-refractivity contribution in [1.29, 1.82) is 0 Å². The molecule has 0 fully saturated rings. The summed E-state index contributed by atoms with van der Waals surface area (Å²) < 4.78 is 6.96. The Morgan fingerprint density at radius 3 is 3.00 bits per heavy atom. The van der Waals surface area contributed by atoms with E-state index in [2.05, 4.69) is 5.10 Å². The third kappa shape index (κ3) is 1.98. The average Bonchev–Trinajstić information content (AvgIpc) is 2.34. The predicted octanol–water partition coefficient (Wildman–Crippen LogP) is 0.354. The molecule has 4 nitrogen and oxygen atoms in total. The van der Waals surface area contributed by atoms with Gasteiger partial charge in [0.15, 0.2) is 0 Å². The summed E-state index contributed by atoms with van der Waals surface area (Å²) in [5.74, 6) is 0.751. The first-order chi connectivity index (χ1) is 5.77. The van der Waals surface area contributed by atoms with Crippen LogP contribution in [0, 0.1) is 0 Å². The van der Waals surface area contributed by atoms with Gasteiger partial charge in [-0.1, -0.05) is 0 Å². The van der Waals surface area contributed by atoms with Gasteiger partial charge in [-0.2, -0.15) is 5.10 Å². The second-order valence-electron chi connectivity index (χ2n) is 2.50. The molecule has 0 aromatic carbocycles. The van der Waals surface area contributed by atoms with E-state index in [9.17, 15) is 0 Å². The maximum absolute atomic E-state index is 8.66. The summed E-state index contributed by atoms with van der Waals surface area (Å²) in [6.45, 7) is 2.69. The molecule has 0 unspecified atom stereocenters. The number of hydrogen-bond acceptors (Lipinski definition) is 3. The number of hydrogen-bond donors (Lipinski definition) is 1. The second-order valence-corrected chi connectivity index (χ2v) is 2.50. The molecule has 0 bridgehead atoms. The molecule has 1 heterocycles. The quantitative estimate of drug-likeness (QED) is 0.709. The van der Waals surface area contributed by atoms with Crippen LogP contribution in [0.5, 0.6) is 5.88 Å². The van der Waals surface area contributed by atoms with E-state index in [1.165, 1.54) is 0 Å². The molecule has 4 heteroatoms. The second kappa shape index (κ2) is 4.11. The van der Waals surface area contributed by atoms with Gasteiger partial charge in [-0.15, -0.1) is 0 Å². The Bertz CT molecular complexity index is 245. The Labute approximate surface area is 71.8 Å². The van der Waals surface area contributed by atoms with Crippen molar-refractivity contribution in [2.45, 2.75) is 13.3 Å². The van der Waals surface area contributed by atoms with Gasteiger partial charge in [-0.25, -0.2) is 4.68 Å². The van der Waals surface area contributed by atoms with Gasteiger partial charge in [0.05, 0.1) is 12.3 Å². The number of aliphatic hydroxyl groups is 1. The fourth-order valence-corrected chi connectivity index (χ4v) is 1.03. The van der Waals surface area contributed by atoms with Gasteiger partial charge in [0.2, 0.25) is 5.88 Å². The maximum atomic E-state index is 8.66. The van der Waals surface area contributed by atoms with E-state index < -0.39 is 0 Å². The van der Waals surface area contributed by atoms with Crippen LogP contribution in [-0.4, -0.2) is 28.1 Å². The largest absolute Gasteiger partial charge is 0.478 e. The molecule has 1 aromatic heterocycles. The van der Waals surface area contributed by atoms with Gasteiger partial charge in [0.1, 0.15) is 0 Å². The summed E-state index contributed by atoms with van der Waals surface area (Å²) in [6.07, 6.45) is 0.584. The molecule has 0 aliphatic heterocycles. The summed E-state index contributed by atoms with van der Waals surface area (Å²) in [4.78, 5) is 0. The molecule has 0 spiro atoms. The summed E-state index contributed by atoms with van der Waals surface area (Å²) in [5.41, 5.74) is 0.864. The zero-order chi connectivity index (χ0) is 8.97. The van der Waals surface area contributed by atoms with Crippen molar-refractivity contribution in [2.75, 3.05) is 13.2 Å². The molecule has 0 radical (unpaired) electrons. The average molecular weight is 170 g/mol. The van der Waals surface area contributed by atoms with Gasteiger partial charge in [-0.05, 0) is 6.92 Å². The van der Waals surface area contributed by atoms with Crippen molar-refractivity contribution in [2.24, 2.45) is 7.05 Å².